The zero-order chi connectivity index (χ0) is 18.9. The zero-order valence-electron chi connectivity index (χ0n) is 15.4. The highest BCUT2D eigenvalue weighted by molar-refractivity contribution is 7.98. The first-order valence-electron chi connectivity index (χ1n) is 8.30. The Morgan fingerprint density at radius 3 is 2.46 bits per heavy atom. The van der Waals surface area contributed by atoms with Crippen molar-refractivity contribution in [3.8, 4) is 0 Å². The molecule has 0 spiro atoms. The van der Waals surface area contributed by atoms with Crippen LogP contribution in [-0.2, 0) is 15.8 Å². The summed E-state index contributed by atoms with van der Waals surface area (Å²) in [5, 5.41) is 2.12. The second-order valence-electron chi connectivity index (χ2n) is 6.47. The molecule has 2 aromatic carbocycles. The lowest BCUT2D eigenvalue weighted by Gasteiger charge is -2.12. The summed E-state index contributed by atoms with van der Waals surface area (Å²) < 4.78 is 25.8. The van der Waals surface area contributed by atoms with Crippen LogP contribution in [0.3, 0.4) is 0 Å². The summed E-state index contributed by atoms with van der Waals surface area (Å²) >= 11 is 1.62. The summed E-state index contributed by atoms with van der Waals surface area (Å²) in [6.07, 6.45) is 0. The second kappa shape index (κ2) is 7.39. The number of fused-ring (bicyclic) bond motifs is 1. The lowest BCUT2D eigenvalue weighted by atomic mass is 10.1. The van der Waals surface area contributed by atoms with Crippen molar-refractivity contribution in [2.75, 3.05) is 14.1 Å². The fourth-order valence-corrected chi connectivity index (χ4v) is 4.65. The van der Waals surface area contributed by atoms with Crippen LogP contribution in [0.5, 0.6) is 0 Å². The minimum Gasteiger partial charge on any atom is -0.241 e. The Bertz CT molecular complexity index is 1060. The van der Waals surface area contributed by atoms with Crippen LogP contribution in [0, 0.1) is 13.8 Å². The molecule has 1 heterocycles. The van der Waals surface area contributed by atoms with Crippen molar-refractivity contribution in [3.05, 3.63) is 65.2 Å². The Kier molecular flexibility index (Phi) is 5.37. The maximum atomic E-state index is 12.3. The molecule has 0 aliphatic heterocycles. The molecule has 6 heteroatoms. The topological polar surface area (TPSA) is 50.3 Å². The van der Waals surface area contributed by atoms with Crippen molar-refractivity contribution in [2.24, 2.45) is 0 Å². The van der Waals surface area contributed by atoms with E-state index in [-0.39, 0.29) is 0 Å². The summed E-state index contributed by atoms with van der Waals surface area (Å²) in [7, 11) is -0.330. The molecule has 3 rings (SSSR count). The zero-order valence-corrected chi connectivity index (χ0v) is 17.0. The van der Waals surface area contributed by atoms with Gasteiger partial charge in [-0.2, -0.15) is 0 Å². The van der Waals surface area contributed by atoms with Crippen LogP contribution in [0.4, 0.5) is 0 Å². The van der Waals surface area contributed by atoms with E-state index >= 15 is 0 Å². The molecule has 1 aromatic heterocycles. The van der Waals surface area contributed by atoms with Gasteiger partial charge in [0.05, 0.1) is 15.4 Å². The van der Waals surface area contributed by atoms with Gasteiger partial charge in [-0.1, -0.05) is 30.3 Å². The van der Waals surface area contributed by atoms with Crippen molar-refractivity contribution < 1.29 is 8.42 Å². The number of hydrogen-bond donors (Lipinski definition) is 0. The molecule has 0 amide bonds. The van der Waals surface area contributed by atoms with Gasteiger partial charge in [0.15, 0.2) is 0 Å². The van der Waals surface area contributed by atoms with Crippen LogP contribution in [-0.4, -0.2) is 31.8 Å². The van der Waals surface area contributed by atoms with Gasteiger partial charge in [0.25, 0.3) is 0 Å². The second-order valence-corrected chi connectivity index (χ2v) is 9.62. The van der Waals surface area contributed by atoms with Gasteiger partial charge in [-0.3, -0.25) is 0 Å². The number of aromatic nitrogens is 1. The molecule has 4 nitrogen and oxygen atoms in total. The largest absolute Gasteiger partial charge is 0.242 e. The van der Waals surface area contributed by atoms with Crippen LogP contribution in [0.15, 0.2) is 58.5 Å². The first-order chi connectivity index (χ1) is 12.3. The lowest BCUT2D eigenvalue weighted by Crippen LogP contribution is -2.22. The highest BCUT2D eigenvalue weighted by Crippen LogP contribution is 2.28. The summed E-state index contributed by atoms with van der Waals surface area (Å²) in [6, 6.07) is 15.4. The molecule has 0 saturated heterocycles. The number of aryl methyl sites for hydroxylation is 2. The minimum atomic E-state index is -3.42. The number of sulfonamides is 1. The standard InChI is InChI=1S/C20H22N2O2S2/c1-14-7-5-10-18-15(2)11-19(21-20(14)18)25-13-16-8-6-9-17(12-16)26(23,24)22(3)4/h5-12H,13H2,1-4H3. The summed E-state index contributed by atoms with van der Waals surface area (Å²) in [6.45, 7) is 4.16. The molecule has 0 saturated carbocycles. The van der Waals surface area contributed by atoms with Gasteiger partial charge >= 0.3 is 0 Å². The van der Waals surface area contributed by atoms with E-state index in [2.05, 4.69) is 38.1 Å². The molecule has 3 aromatic rings. The quantitative estimate of drug-likeness (QED) is 0.610. The van der Waals surface area contributed by atoms with Gasteiger partial charge < -0.3 is 0 Å². The maximum Gasteiger partial charge on any atom is 0.242 e. The highest BCUT2D eigenvalue weighted by atomic mass is 32.2. The number of hydrogen-bond acceptors (Lipinski definition) is 4. The fourth-order valence-electron chi connectivity index (χ4n) is 2.77. The Balaban J connectivity index is 1.86. The molecule has 0 fully saturated rings. The smallest absolute Gasteiger partial charge is 0.241 e. The van der Waals surface area contributed by atoms with Gasteiger partial charge in [0.1, 0.15) is 0 Å². The fraction of sp³-hybridized carbons (Fsp3) is 0.250. The van der Waals surface area contributed by atoms with E-state index in [1.165, 1.54) is 15.3 Å². The van der Waals surface area contributed by atoms with E-state index in [0.717, 1.165) is 21.7 Å². The van der Waals surface area contributed by atoms with Crippen LogP contribution in [0.1, 0.15) is 16.7 Å². The number of rotatable bonds is 5. The monoisotopic (exact) mass is 386 g/mol. The number of para-hydroxylation sites is 1. The van der Waals surface area contributed by atoms with Crippen LogP contribution in [0.2, 0.25) is 0 Å². The first-order valence-corrected chi connectivity index (χ1v) is 10.7. The molecule has 0 aliphatic carbocycles. The number of nitrogens with zero attached hydrogens (tertiary/aromatic N) is 2. The van der Waals surface area contributed by atoms with Gasteiger partial charge in [-0.05, 0) is 48.7 Å². The van der Waals surface area contributed by atoms with E-state index < -0.39 is 10.0 Å². The average molecular weight is 387 g/mol. The Morgan fingerprint density at radius 1 is 1.00 bits per heavy atom. The van der Waals surface area contributed by atoms with Gasteiger partial charge in [-0.25, -0.2) is 17.7 Å². The molecule has 0 bridgehead atoms. The van der Waals surface area contributed by atoms with Gasteiger partial charge in [0.2, 0.25) is 10.0 Å². The van der Waals surface area contributed by atoms with Crippen molar-refractivity contribution in [1.29, 1.82) is 0 Å². The third-order valence-electron chi connectivity index (χ3n) is 4.29. The Morgan fingerprint density at radius 2 is 1.73 bits per heavy atom. The summed E-state index contributed by atoms with van der Waals surface area (Å²) in [5.41, 5.74) is 4.35. The van der Waals surface area contributed by atoms with Crippen LogP contribution < -0.4 is 0 Å². The molecule has 136 valence electrons. The lowest BCUT2D eigenvalue weighted by molar-refractivity contribution is 0.520. The summed E-state index contributed by atoms with van der Waals surface area (Å²) in [4.78, 5) is 5.11. The molecule has 0 N–H and O–H groups in total. The first kappa shape index (κ1) is 18.9. The van der Waals surface area contributed by atoms with Crippen LogP contribution >= 0.6 is 11.8 Å². The molecular weight excluding hydrogens is 364 g/mol. The normalized spacial score (nSPS) is 12.0. The van der Waals surface area contributed by atoms with Crippen molar-refractivity contribution >= 4 is 32.7 Å². The molecule has 0 atom stereocenters. The molecule has 0 aliphatic rings. The maximum absolute atomic E-state index is 12.3. The van der Waals surface area contributed by atoms with Crippen molar-refractivity contribution in [3.63, 3.8) is 0 Å². The molecule has 26 heavy (non-hydrogen) atoms. The van der Waals surface area contributed by atoms with E-state index in [1.54, 1.807) is 44.1 Å². The molecular formula is C20H22N2O2S2. The number of pyridine rings is 1. The van der Waals surface area contributed by atoms with Gasteiger partial charge in [0, 0.05) is 25.2 Å². The van der Waals surface area contributed by atoms with Crippen molar-refractivity contribution in [1.82, 2.24) is 9.29 Å². The number of thioether (sulfide) groups is 1. The molecule has 0 radical (unpaired) electrons. The predicted molar refractivity (Wildman–Crippen MR) is 108 cm³/mol. The SMILES string of the molecule is Cc1cc(SCc2cccc(S(=O)(=O)N(C)C)c2)nc2c(C)cccc12. The van der Waals surface area contributed by atoms with E-state index in [0.29, 0.717) is 10.6 Å². The third kappa shape index (κ3) is 3.77. The predicted octanol–water partition coefficient (Wildman–Crippen LogP) is 4.39. The summed E-state index contributed by atoms with van der Waals surface area (Å²) in [5.74, 6) is 0.667. The van der Waals surface area contributed by atoms with E-state index in [1.807, 2.05) is 6.07 Å². The van der Waals surface area contributed by atoms with E-state index in [4.69, 9.17) is 4.98 Å². The Labute approximate surface area is 159 Å². The highest BCUT2D eigenvalue weighted by Gasteiger charge is 2.17. The van der Waals surface area contributed by atoms with E-state index in [9.17, 15) is 8.42 Å². The minimum absolute atomic E-state index is 0.319. The van der Waals surface area contributed by atoms with Gasteiger partial charge in [-0.15, -0.1) is 11.8 Å². The molecule has 0 unspecified atom stereocenters. The van der Waals surface area contributed by atoms with Crippen molar-refractivity contribution in [2.45, 2.75) is 29.5 Å². The average Bonchev–Trinajstić information content (AvgIpc) is 2.61. The Hall–Kier alpha value is -1.89. The number of benzene rings is 2. The van der Waals surface area contributed by atoms with Crippen LogP contribution in [0.25, 0.3) is 10.9 Å². The third-order valence-corrected chi connectivity index (χ3v) is 7.08.